The van der Waals surface area contributed by atoms with Crippen LogP contribution in [0.3, 0.4) is 0 Å². The van der Waals surface area contributed by atoms with E-state index < -0.39 is 0 Å². The summed E-state index contributed by atoms with van der Waals surface area (Å²) in [6, 6.07) is 5.53. The van der Waals surface area contributed by atoms with Crippen LogP contribution in [0.4, 0.5) is 11.6 Å². The first-order chi connectivity index (χ1) is 11.3. The van der Waals surface area contributed by atoms with Gasteiger partial charge in [-0.15, -0.1) is 0 Å². The SMILES string of the molecule is COCC(=O)N1CCCC1c1nccnc1Nc1ccccn1. The number of nitrogens with zero attached hydrogens (tertiary/aromatic N) is 4. The number of carbonyl (C=O) groups is 1. The number of methoxy groups -OCH3 is 1. The van der Waals surface area contributed by atoms with Gasteiger partial charge in [0.1, 0.15) is 18.1 Å². The maximum atomic E-state index is 12.2. The van der Waals surface area contributed by atoms with Crippen molar-refractivity contribution in [1.82, 2.24) is 19.9 Å². The Morgan fingerprint density at radius 2 is 2.17 bits per heavy atom. The van der Waals surface area contributed by atoms with E-state index in [1.807, 2.05) is 23.1 Å². The second kappa shape index (κ2) is 7.15. The molecule has 0 bridgehead atoms. The van der Waals surface area contributed by atoms with Gasteiger partial charge in [-0.25, -0.2) is 9.97 Å². The largest absolute Gasteiger partial charge is 0.375 e. The van der Waals surface area contributed by atoms with E-state index in [0.717, 1.165) is 18.5 Å². The van der Waals surface area contributed by atoms with Crippen LogP contribution in [0.2, 0.25) is 0 Å². The Morgan fingerprint density at radius 3 is 2.96 bits per heavy atom. The van der Waals surface area contributed by atoms with Crippen LogP contribution >= 0.6 is 0 Å². The van der Waals surface area contributed by atoms with Crippen molar-refractivity contribution in [1.29, 1.82) is 0 Å². The summed E-state index contributed by atoms with van der Waals surface area (Å²) < 4.78 is 4.97. The lowest BCUT2D eigenvalue weighted by Gasteiger charge is -2.25. The molecule has 1 saturated heterocycles. The van der Waals surface area contributed by atoms with Crippen molar-refractivity contribution < 1.29 is 9.53 Å². The average Bonchev–Trinajstić information content (AvgIpc) is 3.06. The van der Waals surface area contributed by atoms with Gasteiger partial charge in [0.25, 0.3) is 0 Å². The molecule has 2 aromatic rings. The minimum atomic E-state index is -0.0856. The van der Waals surface area contributed by atoms with Gasteiger partial charge in [0.2, 0.25) is 5.91 Å². The molecule has 0 aromatic carbocycles. The summed E-state index contributed by atoms with van der Waals surface area (Å²) in [6.45, 7) is 0.798. The van der Waals surface area contributed by atoms with E-state index in [9.17, 15) is 4.79 Å². The molecule has 1 fully saturated rings. The number of rotatable bonds is 5. The second-order valence-corrected chi connectivity index (χ2v) is 5.31. The molecule has 7 heteroatoms. The van der Waals surface area contributed by atoms with Crippen molar-refractivity contribution in [2.24, 2.45) is 0 Å². The monoisotopic (exact) mass is 313 g/mol. The fourth-order valence-corrected chi connectivity index (χ4v) is 2.80. The molecule has 0 saturated carbocycles. The number of hydrogen-bond donors (Lipinski definition) is 1. The molecule has 120 valence electrons. The summed E-state index contributed by atoms with van der Waals surface area (Å²) in [6.07, 6.45) is 6.80. The summed E-state index contributed by atoms with van der Waals surface area (Å²) in [7, 11) is 1.53. The summed E-state index contributed by atoms with van der Waals surface area (Å²) in [5.41, 5.74) is 0.764. The Hall–Kier alpha value is -2.54. The lowest BCUT2D eigenvalue weighted by molar-refractivity contribution is -0.136. The van der Waals surface area contributed by atoms with E-state index in [1.54, 1.807) is 18.6 Å². The maximum Gasteiger partial charge on any atom is 0.249 e. The number of amides is 1. The number of hydrogen-bond acceptors (Lipinski definition) is 6. The van der Waals surface area contributed by atoms with Crippen LogP contribution in [0.15, 0.2) is 36.8 Å². The lowest BCUT2D eigenvalue weighted by Crippen LogP contribution is -2.34. The van der Waals surface area contributed by atoms with E-state index in [1.165, 1.54) is 7.11 Å². The van der Waals surface area contributed by atoms with Crippen LogP contribution in [0.25, 0.3) is 0 Å². The van der Waals surface area contributed by atoms with E-state index in [4.69, 9.17) is 4.74 Å². The minimum absolute atomic E-state index is 0.0237. The van der Waals surface area contributed by atoms with Crippen molar-refractivity contribution in [3.05, 3.63) is 42.5 Å². The van der Waals surface area contributed by atoms with Crippen LogP contribution in [0.1, 0.15) is 24.6 Å². The van der Waals surface area contributed by atoms with Gasteiger partial charge in [-0.1, -0.05) is 6.07 Å². The first-order valence-corrected chi connectivity index (χ1v) is 7.57. The van der Waals surface area contributed by atoms with Crippen molar-refractivity contribution in [3.63, 3.8) is 0 Å². The molecule has 0 aliphatic carbocycles. The zero-order valence-corrected chi connectivity index (χ0v) is 13.0. The number of pyridine rings is 1. The molecule has 1 atom stereocenters. The highest BCUT2D eigenvalue weighted by Gasteiger charge is 2.32. The van der Waals surface area contributed by atoms with Crippen LogP contribution < -0.4 is 5.32 Å². The summed E-state index contributed by atoms with van der Waals surface area (Å²) in [5.74, 6) is 1.31. The number of ether oxygens (including phenoxy) is 1. The van der Waals surface area contributed by atoms with Crippen molar-refractivity contribution in [2.45, 2.75) is 18.9 Å². The van der Waals surface area contributed by atoms with Crippen LogP contribution in [-0.4, -0.2) is 46.0 Å². The molecule has 1 amide bonds. The van der Waals surface area contributed by atoms with Gasteiger partial charge in [0.15, 0.2) is 5.82 Å². The molecule has 1 unspecified atom stereocenters. The zero-order valence-electron chi connectivity index (χ0n) is 13.0. The molecule has 3 heterocycles. The smallest absolute Gasteiger partial charge is 0.249 e. The van der Waals surface area contributed by atoms with Crippen molar-refractivity contribution in [3.8, 4) is 0 Å². The quantitative estimate of drug-likeness (QED) is 0.908. The summed E-state index contributed by atoms with van der Waals surface area (Å²) in [4.78, 5) is 27.1. The van der Waals surface area contributed by atoms with Gasteiger partial charge in [-0.3, -0.25) is 9.78 Å². The molecule has 0 radical (unpaired) electrons. The molecular weight excluding hydrogens is 294 g/mol. The normalized spacial score (nSPS) is 17.3. The third-order valence-corrected chi connectivity index (χ3v) is 3.79. The first kappa shape index (κ1) is 15.4. The number of likely N-dealkylation sites (tertiary alicyclic amines) is 1. The Balaban J connectivity index is 1.86. The molecule has 0 spiro atoms. The Kier molecular flexibility index (Phi) is 4.77. The van der Waals surface area contributed by atoms with Gasteiger partial charge < -0.3 is 15.0 Å². The van der Waals surface area contributed by atoms with Crippen molar-refractivity contribution >= 4 is 17.5 Å². The molecule has 7 nitrogen and oxygen atoms in total. The Labute approximate surface area is 134 Å². The van der Waals surface area contributed by atoms with Gasteiger partial charge in [0.05, 0.1) is 6.04 Å². The summed E-state index contributed by atoms with van der Waals surface area (Å²) >= 11 is 0. The van der Waals surface area contributed by atoms with E-state index in [0.29, 0.717) is 18.2 Å². The lowest BCUT2D eigenvalue weighted by atomic mass is 10.1. The third kappa shape index (κ3) is 3.45. The molecule has 23 heavy (non-hydrogen) atoms. The highest BCUT2D eigenvalue weighted by Crippen LogP contribution is 2.34. The van der Waals surface area contributed by atoms with Gasteiger partial charge in [0, 0.05) is 32.2 Å². The van der Waals surface area contributed by atoms with E-state index in [-0.39, 0.29) is 18.6 Å². The van der Waals surface area contributed by atoms with E-state index >= 15 is 0 Å². The number of carbonyl (C=O) groups excluding carboxylic acids is 1. The van der Waals surface area contributed by atoms with Crippen LogP contribution in [0, 0.1) is 0 Å². The highest BCUT2D eigenvalue weighted by atomic mass is 16.5. The van der Waals surface area contributed by atoms with Crippen LogP contribution in [-0.2, 0) is 9.53 Å². The Bertz CT molecular complexity index is 665. The number of anilines is 2. The zero-order chi connectivity index (χ0) is 16.1. The molecule has 1 aliphatic rings. The maximum absolute atomic E-state index is 12.2. The fraction of sp³-hybridized carbons (Fsp3) is 0.375. The average molecular weight is 313 g/mol. The first-order valence-electron chi connectivity index (χ1n) is 7.57. The predicted octanol–water partition coefficient (Wildman–Crippen LogP) is 1.93. The molecular formula is C16H19N5O2. The Morgan fingerprint density at radius 1 is 1.30 bits per heavy atom. The van der Waals surface area contributed by atoms with Gasteiger partial charge >= 0.3 is 0 Å². The summed E-state index contributed by atoms with van der Waals surface area (Å²) in [5, 5.41) is 3.19. The van der Waals surface area contributed by atoms with Gasteiger partial charge in [-0.2, -0.15) is 0 Å². The number of nitrogens with one attached hydrogen (secondary N) is 1. The molecule has 1 aliphatic heterocycles. The third-order valence-electron chi connectivity index (χ3n) is 3.79. The van der Waals surface area contributed by atoms with Crippen LogP contribution in [0.5, 0.6) is 0 Å². The minimum Gasteiger partial charge on any atom is -0.375 e. The predicted molar refractivity (Wildman–Crippen MR) is 85.1 cm³/mol. The fourth-order valence-electron chi connectivity index (χ4n) is 2.80. The highest BCUT2D eigenvalue weighted by molar-refractivity contribution is 5.78. The van der Waals surface area contributed by atoms with Crippen molar-refractivity contribution in [2.75, 3.05) is 25.6 Å². The standard InChI is InChI=1S/C16H19N5O2/c1-23-11-14(22)21-10-4-5-12(21)15-16(19-9-8-18-15)20-13-6-2-3-7-17-13/h2-3,6-9,12H,4-5,10-11H2,1H3,(H,17,19,20). The molecule has 1 N–H and O–H groups in total. The molecule has 3 rings (SSSR count). The topological polar surface area (TPSA) is 80.2 Å². The van der Waals surface area contributed by atoms with E-state index in [2.05, 4.69) is 20.3 Å². The second-order valence-electron chi connectivity index (χ2n) is 5.31. The molecule has 2 aromatic heterocycles. The van der Waals surface area contributed by atoms with Gasteiger partial charge in [-0.05, 0) is 25.0 Å². The number of aromatic nitrogens is 3.